The summed E-state index contributed by atoms with van der Waals surface area (Å²) in [6.07, 6.45) is 5.12. The minimum absolute atomic E-state index is 0.00881. The van der Waals surface area contributed by atoms with Gasteiger partial charge >= 0.3 is 11.8 Å². The Morgan fingerprint density at radius 2 is 1.59 bits per heavy atom. The lowest BCUT2D eigenvalue weighted by Crippen LogP contribution is -2.62. The Bertz CT molecular complexity index is 2670. The number of sulfone groups is 1. The Hall–Kier alpha value is -6.58. The Morgan fingerprint density at radius 1 is 0.886 bits per heavy atom. The number of carbonyl (C=O) groups is 8. The first-order chi connectivity index (χ1) is 33.0. The minimum Gasteiger partial charge on any atom is -0.444 e. The van der Waals surface area contributed by atoms with Gasteiger partial charge in [-0.25, -0.2) is 18.0 Å². The highest BCUT2D eigenvalue weighted by Gasteiger charge is 2.46. The molecule has 70 heavy (non-hydrogen) atoms. The van der Waals surface area contributed by atoms with Crippen LogP contribution in [0.15, 0.2) is 52.2 Å². The molecule has 0 bridgehead atoms. The summed E-state index contributed by atoms with van der Waals surface area (Å²) in [5.74, 6) is -3.58. The number of hydrogen-bond acceptors (Lipinski definition) is 12. The molecule has 3 aromatic rings. The maximum Gasteiger partial charge on any atom is 0.408 e. The minimum atomic E-state index is -3.43. The molecule has 8 amide bonds. The zero-order valence-electron chi connectivity index (χ0n) is 40.4. The monoisotopic (exact) mass is 991 g/mol. The van der Waals surface area contributed by atoms with E-state index >= 15 is 0 Å². The van der Waals surface area contributed by atoms with E-state index in [2.05, 4.69) is 21.3 Å². The van der Waals surface area contributed by atoms with Gasteiger partial charge in [-0.15, -0.1) is 0 Å². The van der Waals surface area contributed by atoms with Crippen molar-refractivity contribution in [3.63, 3.8) is 0 Å². The van der Waals surface area contributed by atoms with Crippen LogP contribution in [0.2, 0.25) is 0 Å². The van der Waals surface area contributed by atoms with Crippen LogP contribution in [-0.2, 0) is 68.1 Å². The summed E-state index contributed by atoms with van der Waals surface area (Å²) in [7, 11) is -1.78. The molecule has 1 unspecified atom stereocenters. The topological polar surface area (TPSA) is 287 Å². The van der Waals surface area contributed by atoms with Crippen LogP contribution in [0.3, 0.4) is 0 Å². The van der Waals surface area contributed by atoms with Crippen LogP contribution in [0, 0.1) is 0 Å². The van der Waals surface area contributed by atoms with E-state index in [1.807, 2.05) is 18.2 Å². The predicted molar refractivity (Wildman–Crippen MR) is 255 cm³/mol. The number of imidazole rings is 1. The molecule has 6 rings (SSSR count). The van der Waals surface area contributed by atoms with Crippen molar-refractivity contribution in [3.05, 3.63) is 64.1 Å². The van der Waals surface area contributed by atoms with Gasteiger partial charge in [0, 0.05) is 51.7 Å². The van der Waals surface area contributed by atoms with Crippen LogP contribution in [0.4, 0.5) is 4.79 Å². The number of hydrogen-bond donors (Lipinski definition) is 5. The summed E-state index contributed by atoms with van der Waals surface area (Å²) in [4.78, 5) is 121. The van der Waals surface area contributed by atoms with Crippen molar-refractivity contribution >= 4 is 68.3 Å². The van der Waals surface area contributed by atoms with Gasteiger partial charge in [0.15, 0.2) is 9.84 Å². The van der Waals surface area contributed by atoms with Gasteiger partial charge in [0.25, 0.3) is 0 Å². The zero-order chi connectivity index (χ0) is 51.1. The number of rotatable bonds is 18. The summed E-state index contributed by atoms with van der Waals surface area (Å²) in [5, 5.41) is 10.4. The molecular formula is C48H65N9O12S. The van der Waals surface area contributed by atoms with Gasteiger partial charge in [-0.1, -0.05) is 31.0 Å². The molecule has 1 aromatic heterocycles. The third kappa shape index (κ3) is 13.4. The van der Waals surface area contributed by atoms with Crippen molar-refractivity contribution in [2.24, 2.45) is 12.8 Å². The number of nitrogens with one attached hydrogen (secondary N) is 4. The zero-order valence-corrected chi connectivity index (χ0v) is 41.2. The molecule has 0 radical (unpaired) electrons. The number of aromatic nitrogens is 2. The fraction of sp³-hybridized carbons (Fsp3) is 0.562. The van der Waals surface area contributed by atoms with Gasteiger partial charge in [-0.2, -0.15) is 0 Å². The van der Waals surface area contributed by atoms with E-state index in [0.717, 1.165) is 37.5 Å². The maximum atomic E-state index is 14.5. The van der Waals surface area contributed by atoms with Crippen molar-refractivity contribution < 1.29 is 51.5 Å². The lowest BCUT2D eigenvalue weighted by Gasteiger charge is -2.39. The number of fused-ring (bicyclic) bond motifs is 2. The molecule has 0 saturated carbocycles. The number of imide groups is 1. The van der Waals surface area contributed by atoms with Crippen LogP contribution in [0.1, 0.15) is 115 Å². The Kier molecular flexibility index (Phi) is 16.9. The summed E-state index contributed by atoms with van der Waals surface area (Å²) in [6, 6.07) is 6.85. The molecular weight excluding hydrogens is 927 g/mol. The van der Waals surface area contributed by atoms with E-state index in [-0.39, 0.29) is 80.6 Å². The van der Waals surface area contributed by atoms with Crippen LogP contribution >= 0.6 is 0 Å². The quantitative estimate of drug-likeness (QED) is 0.0901. The van der Waals surface area contributed by atoms with Crippen LogP contribution in [0.5, 0.6) is 0 Å². The fourth-order valence-corrected chi connectivity index (χ4v) is 9.95. The third-order valence-corrected chi connectivity index (χ3v) is 14.1. The number of nitrogens with zero attached hydrogens (tertiary/aromatic N) is 4. The number of aryl methyl sites for hydroxylation is 2. The lowest BCUT2D eigenvalue weighted by atomic mass is 10.0. The first kappa shape index (κ1) is 52.8. The Labute approximate surface area is 406 Å². The number of nitrogens with two attached hydrogens (primary N) is 1. The van der Waals surface area contributed by atoms with Gasteiger partial charge in [0.1, 0.15) is 29.8 Å². The number of ether oxygens (including phenoxy) is 1. The smallest absolute Gasteiger partial charge is 0.408 e. The molecule has 3 aliphatic rings. The average Bonchev–Trinajstić information content (AvgIpc) is 3.81. The first-order valence-corrected chi connectivity index (χ1v) is 25.7. The van der Waals surface area contributed by atoms with Crippen molar-refractivity contribution in [1.82, 2.24) is 40.2 Å². The Balaban J connectivity index is 1.05. The fourth-order valence-electron chi connectivity index (χ4n) is 9.32. The van der Waals surface area contributed by atoms with E-state index < -0.39 is 81.3 Å². The normalized spacial score (nSPS) is 20.2. The number of unbranched alkanes of at least 4 members (excludes halogenated alkanes) is 3. The second kappa shape index (κ2) is 22.4. The van der Waals surface area contributed by atoms with Crippen LogP contribution in [-0.4, -0.2) is 124 Å². The number of amides is 8. The number of piperidine rings is 1. The standard InChI is InChI=1S/C48H65N9O12S/c1-48(2,3)69-46(65)52-34-28-55(41(60)11-9-7-6-8-10-29-14-19-35-38(26-29)54(4)47(66)57(35)37-21-23-40(59)53-44(37)63)25-24-31-15-20-36(56(31)45(34)64)43(62)51-33(18-22-39(49)58)42(61)50-27-30-12-16-32(17-13-30)70(5,67)68/h12-14,16-17,19,26,31,33-34,36-37H,6-11,15,18,20-25,27-28H2,1-5H3,(H2,49,58)(H,50,61)(H,51,62)(H,52,65)(H,53,59,63)/t31-,33+,34+,36+,37?/m1/s1. The highest BCUT2D eigenvalue weighted by atomic mass is 32.2. The number of carbonyl (C=O) groups excluding carboxylic acids is 8. The molecule has 3 saturated heterocycles. The molecule has 0 aliphatic carbocycles. The van der Waals surface area contributed by atoms with Crippen molar-refractivity contribution in [2.75, 3.05) is 19.3 Å². The Morgan fingerprint density at radius 3 is 2.26 bits per heavy atom. The summed E-state index contributed by atoms with van der Waals surface area (Å²) < 4.78 is 32.2. The summed E-state index contributed by atoms with van der Waals surface area (Å²) in [6.45, 7) is 5.09. The van der Waals surface area contributed by atoms with Crippen molar-refractivity contribution in [2.45, 2.75) is 151 Å². The molecule has 0 spiro atoms. The highest BCUT2D eigenvalue weighted by molar-refractivity contribution is 7.90. The lowest BCUT2D eigenvalue weighted by molar-refractivity contribution is -0.146. The first-order valence-electron chi connectivity index (χ1n) is 23.8. The number of benzene rings is 2. The van der Waals surface area contributed by atoms with Gasteiger partial charge in [-0.05, 0) is 108 Å². The molecule has 3 fully saturated rings. The van der Waals surface area contributed by atoms with Crippen molar-refractivity contribution in [1.29, 1.82) is 0 Å². The number of alkyl carbamates (subject to hydrolysis) is 1. The average molecular weight is 992 g/mol. The van der Waals surface area contributed by atoms with Gasteiger partial charge in [-0.3, -0.25) is 48.0 Å². The third-order valence-electron chi connectivity index (χ3n) is 12.9. The van der Waals surface area contributed by atoms with E-state index in [9.17, 15) is 51.6 Å². The van der Waals surface area contributed by atoms with Crippen LogP contribution < -0.4 is 32.7 Å². The van der Waals surface area contributed by atoms with Gasteiger partial charge in [0.2, 0.25) is 41.4 Å². The van der Waals surface area contributed by atoms with Gasteiger partial charge in [0.05, 0.1) is 22.5 Å². The van der Waals surface area contributed by atoms with E-state index in [0.29, 0.717) is 35.9 Å². The molecule has 3 aliphatic heterocycles. The molecule has 5 atom stereocenters. The molecule has 4 heterocycles. The molecule has 2 aromatic carbocycles. The van der Waals surface area contributed by atoms with Crippen LogP contribution in [0.25, 0.3) is 11.0 Å². The predicted octanol–water partition coefficient (Wildman–Crippen LogP) is 1.77. The largest absolute Gasteiger partial charge is 0.444 e. The van der Waals surface area contributed by atoms with E-state index in [1.54, 1.807) is 44.9 Å². The molecule has 21 nitrogen and oxygen atoms in total. The highest BCUT2D eigenvalue weighted by Crippen LogP contribution is 2.30. The molecule has 6 N–H and O–H groups in total. The van der Waals surface area contributed by atoms with Crippen molar-refractivity contribution in [3.8, 4) is 0 Å². The second-order valence-electron chi connectivity index (χ2n) is 19.4. The number of primary amides is 1. The van der Waals surface area contributed by atoms with E-state index in [1.165, 1.54) is 26.2 Å². The summed E-state index contributed by atoms with van der Waals surface area (Å²) in [5.41, 5.74) is 7.06. The summed E-state index contributed by atoms with van der Waals surface area (Å²) >= 11 is 0. The van der Waals surface area contributed by atoms with Gasteiger partial charge < -0.3 is 36.2 Å². The molecule has 22 heteroatoms. The molecule has 380 valence electrons. The second-order valence-corrected chi connectivity index (χ2v) is 21.5. The SMILES string of the molecule is Cn1c(=O)n(C2CCC(=O)NC2=O)c2ccc(CCCCCCC(=O)N3CC[C@H]4CC[C@@H](C(=O)N[C@@H](CCC(N)=O)C(=O)NCc5ccc(S(C)(=O)=O)cc5)N4C(=O)[C@@H](NC(=O)OC(C)(C)C)C3)cc21. The van der Waals surface area contributed by atoms with E-state index in [4.69, 9.17) is 10.5 Å². The maximum absolute atomic E-state index is 14.5.